The van der Waals surface area contributed by atoms with Crippen LogP contribution in [-0.4, -0.2) is 40.1 Å². The summed E-state index contributed by atoms with van der Waals surface area (Å²) in [6.07, 6.45) is 5.61. The Morgan fingerprint density at radius 3 is 2.82 bits per heavy atom. The molecule has 94 valence electrons. The smallest absolute Gasteiger partial charge is 0.291 e. The number of hydrogen-bond acceptors (Lipinski definition) is 4. The lowest BCUT2D eigenvalue weighted by atomic mass is 10.2. The Bertz CT molecular complexity index is 383. The van der Waals surface area contributed by atoms with Crippen LogP contribution >= 0.6 is 0 Å². The molecule has 1 aliphatic carbocycles. The Hall–Kier alpha value is -1.36. The zero-order valence-electron chi connectivity index (χ0n) is 10.1. The van der Waals surface area contributed by atoms with Crippen LogP contribution in [-0.2, 0) is 0 Å². The number of amides is 1. The van der Waals surface area contributed by atoms with Crippen molar-refractivity contribution in [2.45, 2.75) is 38.6 Å². The van der Waals surface area contributed by atoms with Crippen LogP contribution in [0.15, 0.2) is 10.8 Å². The fraction of sp³-hybridized carbons (Fsp3) is 0.667. The fourth-order valence-electron chi connectivity index (χ4n) is 2.41. The summed E-state index contributed by atoms with van der Waals surface area (Å²) in [6, 6.07) is 0.235. The van der Waals surface area contributed by atoms with Crippen molar-refractivity contribution in [1.82, 2.24) is 9.88 Å². The van der Waals surface area contributed by atoms with Crippen LogP contribution in [0.25, 0.3) is 0 Å². The third-order valence-corrected chi connectivity index (χ3v) is 3.31. The van der Waals surface area contributed by atoms with Crippen molar-refractivity contribution in [2.75, 3.05) is 13.2 Å². The maximum atomic E-state index is 12.3. The molecule has 5 heteroatoms. The number of nitrogens with zero attached hydrogens (tertiary/aromatic N) is 2. The summed E-state index contributed by atoms with van der Waals surface area (Å²) in [5.74, 6) is 0.145. The third kappa shape index (κ3) is 2.49. The van der Waals surface area contributed by atoms with E-state index in [0.717, 1.165) is 25.7 Å². The zero-order chi connectivity index (χ0) is 12.3. The van der Waals surface area contributed by atoms with Crippen molar-refractivity contribution in [1.29, 1.82) is 0 Å². The van der Waals surface area contributed by atoms with Gasteiger partial charge in [-0.1, -0.05) is 12.8 Å². The van der Waals surface area contributed by atoms with Gasteiger partial charge in [-0.15, -0.1) is 0 Å². The van der Waals surface area contributed by atoms with Gasteiger partial charge < -0.3 is 14.4 Å². The molecule has 1 N–H and O–H groups in total. The van der Waals surface area contributed by atoms with E-state index < -0.39 is 0 Å². The van der Waals surface area contributed by atoms with Gasteiger partial charge in [-0.25, -0.2) is 4.98 Å². The Morgan fingerprint density at radius 1 is 1.59 bits per heavy atom. The quantitative estimate of drug-likeness (QED) is 0.860. The van der Waals surface area contributed by atoms with Gasteiger partial charge in [0, 0.05) is 12.6 Å². The number of hydrogen-bond donors (Lipinski definition) is 1. The molecule has 0 radical (unpaired) electrons. The molecule has 1 aromatic heterocycles. The molecule has 0 spiro atoms. The van der Waals surface area contributed by atoms with Crippen LogP contribution in [0.4, 0.5) is 0 Å². The van der Waals surface area contributed by atoms with Crippen molar-refractivity contribution in [3.05, 3.63) is 17.8 Å². The monoisotopic (exact) mass is 238 g/mol. The third-order valence-electron chi connectivity index (χ3n) is 3.31. The van der Waals surface area contributed by atoms with E-state index in [1.165, 1.54) is 6.39 Å². The summed E-state index contributed by atoms with van der Waals surface area (Å²) in [5, 5.41) is 9.07. The van der Waals surface area contributed by atoms with E-state index in [9.17, 15) is 4.79 Å². The highest BCUT2D eigenvalue weighted by atomic mass is 16.3. The average Bonchev–Trinajstić information content (AvgIpc) is 2.95. The molecule has 0 aromatic carbocycles. The molecule has 0 aliphatic heterocycles. The second-order valence-corrected chi connectivity index (χ2v) is 4.43. The van der Waals surface area contributed by atoms with Gasteiger partial charge in [0.2, 0.25) is 5.76 Å². The molecule has 0 saturated heterocycles. The zero-order valence-corrected chi connectivity index (χ0v) is 10.1. The van der Waals surface area contributed by atoms with Crippen LogP contribution in [0, 0.1) is 6.92 Å². The summed E-state index contributed by atoms with van der Waals surface area (Å²) in [4.78, 5) is 17.9. The Labute approximate surface area is 100 Å². The molecule has 1 heterocycles. The Kier molecular flexibility index (Phi) is 3.78. The SMILES string of the molecule is Cc1ncoc1C(=O)N(CCO)C1CCCC1. The van der Waals surface area contributed by atoms with Crippen molar-refractivity contribution in [3.8, 4) is 0 Å². The summed E-state index contributed by atoms with van der Waals surface area (Å²) in [5.41, 5.74) is 0.607. The molecule has 0 unspecified atom stereocenters. The molecule has 1 fully saturated rings. The van der Waals surface area contributed by atoms with Gasteiger partial charge in [0.1, 0.15) is 0 Å². The molecule has 0 atom stereocenters. The van der Waals surface area contributed by atoms with Crippen molar-refractivity contribution < 1.29 is 14.3 Å². The van der Waals surface area contributed by atoms with Crippen molar-refractivity contribution in [2.24, 2.45) is 0 Å². The first-order chi connectivity index (χ1) is 8.24. The van der Waals surface area contributed by atoms with E-state index in [0.29, 0.717) is 18.0 Å². The largest absolute Gasteiger partial charge is 0.438 e. The predicted molar refractivity (Wildman–Crippen MR) is 61.6 cm³/mol. The van der Waals surface area contributed by atoms with Gasteiger partial charge in [-0.3, -0.25) is 4.79 Å². The highest BCUT2D eigenvalue weighted by Crippen LogP contribution is 2.25. The molecular formula is C12H18N2O3. The maximum Gasteiger partial charge on any atom is 0.291 e. The predicted octanol–water partition coefficient (Wildman–Crippen LogP) is 1.36. The number of rotatable bonds is 4. The van der Waals surface area contributed by atoms with Gasteiger partial charge in [-0.2, -0.15) is 0 Å². The highest BCUT2D eigenvalue weighted by molar-refractivity contribution is 5.92. The molecule has 17 heavy (non-hydrogen) atoms. The van der Waals surface area contributed by atoms with Crippen molar-refractivity contribution >= 4 is 5.91 Å². The number of carbonyl (C=O) groups is 1. The molecule has 5 nitrogen and oxygen atoms in total. The molecule has 1 saturated carbocycles. The molecule has 0 bridgehead atoms. The van der Waals surface area contributed by atoms with Gasteiger partial charge in [0.25, 0.3) is 5.91 Å². The van der Waals surface area contributed by atoms with Crippen LogP contribution in [0.3, 0.4) is 0 Å². The molecule has 1 amide bonds. The van der Waals surface area contributed by atoms with E-state index in [1.807, 2.05) is 0 Å². The van der Waals surface area contributed by atoms with Crippen LogP contribution in [0.5, 0.6) is 0 Å². The maximum absolute atomic E-state index is 12.3. The first-order valence-corrected chi connectivity index (χ1v) is 6.06. The number of aliphatic hydroxyl groups is 1. The molecule has 1 aromatic rings. The van der Waals surface area contributed by atoms with Crippen molar-refractivity contribution in [3.63, 3.8) is 0 Å². The summed E-state index contributed by atoms with van der Waals surface area (Å²) in [7, 11) is 0. The lowest BCUT2D eigenvalue weighted by molar-refractivity contribution is 0.0605. The molecular weight excluding hydrogens is 220 g/mol. The number of aromatic nitrogens is 1. The van der Waals surface area contributed by atoms with E-state index >= 15 is 0 Å². The summed E-state index contributed by atoms with van der Waals surface area (Å²) in [6.45, 7) is 2.10. The normalized spacial score (nSPS) is 16.4. The highest BCUT2D eigenvalue weighted by Gasteiger charge is 2.29. The van der Waals surface area contributed by atoms with Gasteiger partial charge in [0.15, 0.2) is 6.39 Å². The average molecular weight is 238 g/mol. The second-order valence-electron chi connectivity index (χ2n) is 4.43. The van der Waals surface area contributed by atoms with E-state index in [4.69, 9.17) is 9.52 Å². The van der Waals surface area contributed by atoms with E-state index in [2.05, 4.69) is 4.98 Å². The standard InChI is InChI=1S/C12H18N2O3/c1-9-11(17-8-13-9)12(16)14(6-7-15)10-4-2-3-5-10/h8,10,15H,2-7H2,1H3. The van der Waals surface area contributed by atoms with Crippen LogP contribution in [0.2, 0.25) is 0 Å². The topological polar surface area (TPSA) is 66.6 Å². The first-order valence-electron chi connectivity index (χ1n) is 6.06. The lowest BCUT2D eigenvalue weighted by Gasteiger charge is -2.27. The Balaban J connectivity index is 2.15. The Morgan fingerprint density at radius 2 is 2.29 bits per heavy atom. The van der Waals surface area contributed by atoms with Crippen LogP contribution < -0.4 is 0 Å². The second kappa shape index (κ2) is 5.31. The molecule has 2 rings (SSSR count). The van der Waals surface area contributed by atoms with Gasteiger partial charge >= 0.3 is 0 Å². The number of aryl methyl sites for hydroxylation is 1. The number of carbonyl (C=O) groups excluding carboxylic acids is 1. The summed E-state index contributed by atoms with van der Waals surface area (Å²) >= 11 is 0. The minimum absolute atomic E-state index is 0.0184. The minimum Gasteiger partial charge on any atom is -0.438 e. The van der Waals surface area contributed by atoms with Gasteiger partial charge in [0.05, 0.1) is 12.3 Å². The van der Waals surface area contributed by atoms with Crippen LogP contribution in [0.1, 0.15) is 41.9 Å². The lowest BCUT2D eigenvalue weighted by Crippen LogP contribution is -2.40. The first kappa shape index (κ1) is 12.1. The minimum atomic E-state index is -0.152. The fourth-order valence-corrected chi connectivity index (χ4v) is 2.41. The van der Waals surface area contributed by atoms with E-state index in [-0.39, 0.29) is 18.6 Å². The molecule has 1 aliphatic rings. The summed E-state index contributed by atoms with van der Waals surface area (Å²) < 4.78 is 5.13. The number of oxazole rings is 1. The van der Waals surface area contributed by atoms with E-state index in [1.54, 1.807) is 11.8 Å². The van der Waals surface area contributed by atoms with Gasteiger partial charge in [-0.05, 0) is 19.8 Å². The number of aliphatic hydroxyl groups excluding tert-OH is 1.